The Morgan fingerprint density at radius 2 is 2.00 bits per heavy atom. The molecule has 1 aromatic carbocycles. The third kappa shape index (κ3) is 2.61. The van der Waals surface area contributed by atoms with Crippen LogP contribution in [0.4, 0.5) is 5.82 Å². The average Bonchev–Trinajstić information content (AvgIpc) is 2.43. The third-order valence-electron chi connectivity index (χ3n) is 3.30. The molecule has 0 aliphatic heterocycles. The second kappa shape index (κ2) is 5.85. The van der Waals surface area contributed by atoms with Crippen LogP contribution in [0, 0.1) is 0 Å². The Morgan fingerprint density at radius 1 is 1.32 bits per heavy atom. The Hall–Kier alpha value is -1.87. The van der Waals surface area contributed by atoms with Crippen LogP contribution in [0.5, 0.6) is 0 Å². The number of benzene rings is 1. The molecule has 3 heteroatoms. The zero-order valence-electron chi connectivity index (χ0n) is 11.6. The number of hydrogen-bond acceptors (Lipinski definition) is 3. The fourth-order valence-corrected chi connectivity index (χ4v) is 2.31. The van der Waals surface area contributed by atoms with Gasteiger partial charge < -0.3 is 10.6 Å². The second-order valence-electron chi connectivity index (χ2n) is 4.89. The molecule has 0 radical (unpaired) electrons. The lowest BCUT2D eigenvalue weighted by molar-refractivity contribution is 0.715. The van der Waals surface area contributed by atoms with E-state index in [4.69, 9.17) is 5.73 Å². The van der Waals surface area contributed by atoms with Crippen LogP contribution in [0.25, 0.3) is 10.8 Å². The summed E-state index contributed by atoms with van der Waals surface area (Å²) in [5, 5.41) is 2.34. The average molecular weight is 255 g/mol. The molecule has 0 aliphatic rings. The zero-order valence-corrected chi connectivity index (χ0v) is 11.6. The minimum atomic E-state index is 0.373. The standard InChI is InChI=1S/C16H21N3/c1-4-9-19(12(2)3)16-15-8-6-5-7-14(15)13(10-17)11-18-16/h4-8,11-12H,1,9-10,17H2,2-3H3. The highest BCUT2D eigenvalue weighted by atomic mass is 15.2. The van der Waals surface area contributed by atoms with E-state index in [9.17, 15) is 0 Å². The van der Waals surface area contributed by atoms with E-state index in [2.05, 4.69) is 42.4 Å². The summed E-state index contributed by atoms with van der Waals surface area (Å²) in [6, 6.07) is 8.67. The molecule has 0 amide bonds. The molecule has 0 aliphatic carbocycles. The minimum Gasteiger partial charge on any atom is -0.350 e. The summed E-state index contributed by atoms with van der Waals surface area (Å²) in [5.41, 5.74) is 6.88. The molecule has 2 rings (SSSR count). The van der Waals surface area contributed by atoms with E-state index in [0.29, 0.717) is 12.6 Å². The van der Waals surface area contributed by atoms with Crippen molar-refractivity contribution in [3.8, 4) is 0 Å². The van der Waals surface area contributed by atoms with Crippen LogP contribution in [0.2, 0.25) is 0 Å². The van der Waals surface area contributed by atoms with Crippen LogP contribution in [-0.4, -0.2) is 17.6 Å². The smallest absolute Gasteiger partial charge is 0.136 e. The van der Waals surface area contributed by atoms with E-state index in [1.807, 2.05) is 24.4 Å². The van der Waals surface area contributed by atoms with Gasteiger partial charge in [0.05, 0.1) is 0 Å². The number of fused-ring (bicyclic) bond motifs is 1. The topological polar surface area (TPSA) is 42.2 Å². The Kier molecular flexibility index (Phi) is 4.17. The Morgan fingerprint density at radius 3 is 2.58 bits per heavy atom. The van der Waals surface area contributed by atoms with Crippen LogP contribution in [0.15, 0.2) is 43.1 Å². The van der Waals surface area contributed by atoms with E-state index < -0.39 is 0 Å². The fourth-order valence-electron chi connectivity index (χ4n) is 2.31. The Labute approximate surface area is 114 Å². The van der Waals surface area contributed by atoms with Gasteiger partial charge in [0, 0.05) is 30.7 Å². The highest BCUT2D eigenvalue weighted by Gasteiger charge is 2.14. The van der Waals surface area contributed by atoms with E-state index in [0.717, 1.165) is 23.3 Å². The van der Waals surface area contributed by atoms with Gasteiger partial charge >= 0.3 is 0 Å². The first-order valence-electron chi connectivity index (χ1n) is 6.63. The SMILES string of the molecule is C=CCN(c1ncc(CN)c2ccccc12)C(C)C. The summed E-state index contributed by atoms with van der Waals surface area (Å²) in [6.07, 6.45) is 3.80. The Balaban J connectivity index is 2.63. The molecule has 0 atom stereocenters. The van der Waals surface area contributed by atoms with Crippen molar-refractivity contribution in [2.75, 3.05) is 11.4 Å². The molecule has 1 heterocycles. The lowest BCUT2D eigenvalue weighted by atomic mass is 10.1. The molecule has 19 heavy (non-hydrogen) atoms. The van der Waals surface area contributed by atoms with Gasteiger partial charge in [-0.3, -0.25) is 0 Å². The van der Waals surface area contributed by atoms with Crippen molar-refractivity contribution in [3.05, 3.63) is 48.7 Å². The number of rotatable bonds is 5. The number of anilines is 1. The van der Waals surface area contributed by atoms with Gasteiger partial charge in [0.1, 0.15) is 5.82 Å². The summed E-state index contributed by atoms with van der Waals surface area (Å²) < 4.78 is 0. The van der Waals surface area contributed by atoms with E-state index in [1.165, 1.54) is 5.39 Å². The van der Waals surface area contributed by atoms with Crippen molar-refractivity contribution >= 4 is 16.6 Å². The molecule has 3 nitrogen and oxygen atoms in total. The van der Waals surface area contributed by atoms with Crippen LogP contribution >= 0.6 is 0 Å². The molecule has 2 N–H and O–H groups in total. The van der Waals surface area contributed by atoms with Crippen molar-refractivity contribution in [2.45, 2.75) is 26.4 Å². The van der Waals surface area contributed by atoms with Gasteiger partial charge in [-0.2, -0.15) is 0 Å². The van der Waals surface area contributed by atoms with Crippen LogP contribution < -0.4 is 10.6 Å². The summed E-state index contributed by atoms with van der Waals surface area (Å²) in [7, 11) is 0. The monoisotopic (exact) mass is 255 g/mol. The quantitative estimate of drug-likeness (QED) is 0.835. The zero-order chi connectivity index (χ0) is 13.8. The molecule has 0 bridgehead atoms. The van der Waals surface area contributed by atoms with Gasteiger partial charge in [0.2, 0.25) is 0 Å². The predicted molar refractivity (Wildman–Crippen MR) is 82.3 cm³/mol. The molecule has 0 saturated heterocycles. The van der Waals surface area contributed by atoms with Crippen molar-refractivity contribution in [2.24, 2.45) is 5.73 Å². The maximum Gasteiger partial charge on any atom is 0.136 e. The highest BCUT2D eigenvalue weighted by Crippen LogP contribution is 2.28. The normalized spacial score (nSPS) is 10.9. The van der Waals surface area contributed by atoms with E-state index >= 15 is 0 Å². The molecule has 0 fully saturated rings. The Bertz CT molecular complexity index is 575. The number of pyridine rings is 1. The highest BCUT2D eigenvalue weighted by molar-refractivity contribution is 5.94. The first-order chi connectivity index (χ1) is 9.19. The van der Waals surface area contributed by atoms with Gasteiger partial charge in [0.15, 0.2) is 0 Å². The molecule has 0 unspecified atom stereocenters. The van der Waals surface area contributed by atoms with Crippen LogP contribution in [0.1, 0.15) is 19.4 Å². The molecule has 0 saturated carbocycles. The second-order valence-corrected chi connectivity index (χ2v) is 4.89. The fraction of sp³-hybridized carbons (Fsp3) is 0.312. The van der Waals surface area contributed by atoms with Gasteiger partial charge in [-0.15, -0.1) is 6.58 Å². The lowest BCUT2D eigenvalue weighted by Gasteiger charge is -2.28. The molecule has 0 spiro atoms. The first-order valence-corrected chi connectivity index (χ1v) is 6.63. The van der Waals surface area contributed by atoms with Gasteiger partial charge in [-0.05, 0) is 24.8 Å². The maximum atomic E-state index is 5.79. The molecular weight excluding hydrogens is 234 g/mol. The summed E-state index contributed by atoms with van der Waals surface area (Å²) >= 11 is 0. The van der Waals surface area contributed by atoms with Crippen molar-refractivity contribution in [1.29, 1.82) is 0 Å². The maximum absolute atomic E-state index is 5.79. The largest absolute Gasteiger partial charge is 0.350 e. The molecular formula is C16H21N3. The van der Waals surface area contributed by atoms with Gasteiger partial charge in [0.25, 0.3) is 0 Å². The van der Waals surface area contributed by atoms with Gasteiger partial charge in [-0.25, -0.2) is 4.98 Å². The third-order valence-corrected chi connectivity index (χ3v) is 3.30. The number of aromatic nitrogens is 1. The van der Waals surface area contributed by atoms with Crippen molar-refractivity contribution < 1.29 is 0 Å². The first kappa shape index (κ1) is 13.6. The van der Waals surface area contributed by atoms with Crippen LogP contribution in [-0.2, 0) is 6.54 Å². The van der Waals surface area contributed by atoms with Crippen LogP contribution in [0.3, 0.4) is 0 Å². The number of hydrogen-bond donors (Lipinski definition) is 1. The number of nitrogens with two attached hydrogens (primary N) is 1. The minimum absolute atomic E-state index is 0.373. The number of nitrogens with zero attached hydrogens (tertiary/aromatic N) is 2. The molecule has 2 aromatic rings. The van der Waals surface area contributed by atoms with E-state index in [1.54, 1.807) is 0 Å². The summed E-state index contributed by atoms with van der Waals surface area (Å²) in [4.78, 5) is 6.86. The van der Waals surface area contributed by atoms with Gasteiger partial charge in [-0.1, -0.05) is 30.3 Å². The molecule has 100 valence electrons. The van der Waals surface area contributed by atoms with E-state index in [-0.39, 0.29) is 0 Å². The van der Waals surface area contributed by atoms with Crippen molar-refractivity contribution in [1.82, 2.24) is 4.98 Å². The summed E-state index contributed by atoms with van der Waals surface area (Å²) in [5.74, 6) is 1.00. The predicted octanol–water partition coefficient (Wildman–Crippen LogP) is 3.09. The molecule has 1 aromatic heterocycles. The van der Waals surface area contributed by atoms with Crippen molar-refractivity contribution in [3.63, 3.8) is 0 Å². The summed E-state index contributed by atoms with van der Waals surface area (Å²) in [6.45, 7) is 9.46. The lowest BCUT2D eigenvalue weighted by Crippen LogP contribution is -2.31.